The first kappa shape index (κ1) is 18.3. The van der Waals surface area contributed by atoms with Gasteiger partial charge in [0.1, 0.15) is 17.7 Å². The number of rotatable bonds is 6. The minimum Gasteiger partial charge on any atom is -0.480 e. The molecule has 2 N–H and O–H groups in total. The van der Waals surface area contributed by atoms with E-state index < -0.39 is 23.7 Å². The molecular weight excluding hydrogens is 364 g/mol. The van der Waals surface area contributed by atoms with Gasteiger partial charge in [-0.15, -0.1) is 0 Å². The smallest absolute Gasteiger partial charge is 0.326 e. The zero-order valence-electron chi connectivity index (χ0n) is 13.6. The number of nitrogens with one attached hydrogen (secondary N) is 1. The number of hydrogen-bond donors (Lipinski definition) is 2. The summed E-state index contributed by atoms with van der Waals surface area (Å²) in [5.74, 6) is -2.73. The zero-order valence-corrected chi connectivity index (χ0v) is 14.4. The fraction of sp³-hybridized carbons (Fsp3) is 0.263. The Balaban J connectivity index is 1.72. The van der Waals surface area contributed by atoms with Crippen molar-refractivity contribution in [3.63, 3.8) is 0 Å². The fourth-order valence-corrected chi connectivity index (χ4v) is 2.92. The van der Waals surface area contributed by atoms with Crippen LogP contribution in [0.4, 0.5) is 8.78 Å². The van der Waals surface area contributed by atoms with E-state index in [4.69, 9.17) is 11.6 Å². The van der Waals surface area contributed by atoms with Crippen LogP contribution in [-0.4, -0.2) is 23.0 Å². The Morgan fingerprint density at radius 2 is 1.88 bits per heavy atom. The number of carbonyl (C=O) groups is 2. The summed E-state index contributed by atoms with van der Waals surface area (Å²) in [4.78, 5) is 23.7. The molecule has 1 amide bonds. The number of halogens is 3. The summed E-state index contributed by atoms with van der Waals surface area (Å²) in [5, 5.41) is 11.5. The molecule has 2 aromatic carbocycles. The van der Waals surface area contributed by atoms with Crippen LogP contribution < -0.4 is 5.32 Å². The summed E-state index contributed by atoms with van der Waals surface area (Å²) in [6.45, 7) is 0. The highest BCUT2D eigenvalue weighted by atomic mass is 35.5. The molecule has 136 valence electrons. The molecule has 7 heteroatoms. The molecule has 0 unspecified atom stereocenters. The van der Waals surface area contributed by atoms with Gasteiger partial charge in [-0.1, -0.05) is 23.7 Å². The third-order valence-corrected chi connectivity index (χ3v) is 4.60. The molecule has 0 heterocycles. The van der Waals surface area contributed by atoms with Crippen molar-refractivity contribution in [1.82, 2.24) is 5.32 Å². The van der Waals surface area contributed by atoms with Crippen LogP contribution in [0.25, 0.3) is 0 Å². The Morgan fingerprint density at radius 1 is 1.15 bits per heavy atom. The van der Waals surface area contributed by atoms with Crippen LogP contribution in [-0.2, 0) is 11.2 Å². The predicted octanol–water partition coefficient (Wildman–Crippen LogP) is 3.92. The van der Waals surface area contributed by atoms with Gasteiger partial charge in [0.15, 0.2) is 0 Å². The van der Waals surface area contributed by atoms with Crippen LogP contribution in [0.1, 0.15) is 40.2 Å². The van der Waals surface area contributed by atoms with E-state index in [9.17, 15) is 23.5 Å². The third-order valence-electron chi connectivity index (χ3n) is 4.31. The minimum absolute atomic E-state index is 0.0397. The molecule has 0 aromatic heterocycles. The van der Waals surface area contributed by atoms with Crippen LogP contribution in [0.2, 0.25) is 5.02 Å². The minimum atomic E-state index is -1.25. The third kappa shape index (κ3) is 4.19. The molecule has 1 saturated carbocycles. The van der Waals surface area contributed by atoms with Gasteiger partial charge >= 0.3 is 5.97 Å². The van der Waals surface area contributed by atoms with Crippen LogP contribution >= 0.6 is 11.6 Å². The van der Waals surface area contributed by atoms with E-state index in [1.165, 1.54) is 12.1 Å². The number of amides is 1. The summed E-state index contributed by atoms with van der Waals surface area (Å²) in [5.41, 5.74) is 1.15. The molecule has 2 aromatic rings. The Labute approximate surface area is 153 Å². The largest absolute Gasteiger partial charge is 0.480 e. The van der Waals surface area contributed by atoms with Crippen LogP contribution in [0.5, 0.6) is 0 Å². The molecule has 0 saturated heterocycles. The molecule has 3 rings (SSSR count). The second-order valence-corrected chi connectivity index (χ2v) is 6.73. The average molecular weight is 380 g/mol. The molecular formula is C19H16ClF2NO3. The Morgan fingerprint density at radius 3 is 2.46 bits per heavy atom. The van der Waals surface area contributed by atoms with Gasteiger partial charge in [-0.2, -0.15) is 0 Å². The van der Waals surface area contributed by atoms with Crippen molar-refractivity contribution in [2.75, 3.05) is 0 Å². The van der Waals surface area contributed by atoms with Crippen LogP contribution in [0, 0.1) is 11.6 Å². The molecule has 0 bridgehead atoms. The van der Waals surface area contributed by atoms with E-state index in [-0.39, 0.29) is 28.7 Å². The van der Waals surface area contributed by atoms with Gasteiger partial charge < -0.3 is 10.4 Å². The maximum atomic E-state index is 14.1. The highest BCUT2D eigenvalue weighted by molar-refractivity contribution is 6.31. The number of aliphatic carboxylic acids is 1. The van der Waals surface area contributed by atoms with Gasteiger partial charge in [0.2, 0.25) is 0 Å². The highest BCUT2D eigenvalue weighted by Crippen LogP contribution is 2.41. The number of hydrogen-bond acceptors (Lipinski definition) is 2. The number of benzene rings is 2. The van der Waals surface area contributed by atoms with E-state index in [1.54, 1.807) is 12.1 Å². The molecule has 1 fully saturated rings. The maximum absolute atomic E-state index is 14.1. The average Bonchev–Trinajstić information content (AvgIpc) is 3.41. The Hall–Kier alpha value is -2.47. The summed E-state index contributed by atoms with van der Waals surface area (Å²) in [7, 11) is 0. The monoisotopic (exact) mass is 379 g/mol. The predicted molar refractivity (Wildman–Crippen MR) is 92.4 cm³/mol. The number of carboxylic acids is 1. The SMILES string of the molecule is O=C(N[C@H](Cc1ccc(C2CC2)c(F)c1)C(=O)O)c1ccc(F)c(Cl)c1. The standard InChI is InChI=1S/C19H16ClF2NO3/c20-14-9-12(4-6-15(14)21)18(24)23-17(19(25)26)8-10-1-5-13(11-2-3-11)16(22)7-10/h1,4-7,9,11,17H,2-3,8H2,(H,23,24)(H,25,26)/t17-/m1/s1. The van der Waals surface area contributed by atoms with E-state index in [0.717, 1.165) is 25.0 Å². The molecule has 0 aliphatic heterocycles. The molecule has 1 aliphatic rings. The summed E-state index contributed by atoms with van der Waals surface area (Å²) in [6.07, 6.45) is 1.85. The first-order chi connectivity index (χ1) is 12.3. The van der Waals surface area contributed by atoms with Crippen molar-refractivity contribution in [3.05, 3.63) is 69.7 Å². The lowest BCUT2D eigenvalue weighted by atomic mass is 10.0. The fourth-order valence-electron chi connectivity index (χ4n) is 2.74. The van der Waals surface area contributed by atoms with Gasteiger partial charge in [-0.05, 0) is 54.2 Å². The van der Waals surface area contributed by atoms with E-state index in [0.29, 0.717) is 11.1 Å². The lowest BCUT2D eigenvalue weighted by molar-refractivity contribution is -0.139. The van der Waals surface area contributed by atoms with E-state index >= 15 is 0 Å². The van der Waals surface area contributed by atoms with Gasteiger partial charge in [-0.3, -0.25) is 4.79 Å². The number of carboxylic acid groups (broad SMARTS) is 1. The second-order valence-electron chi connectivity index (χ2n) is 6.33. The summed E-state index contributed by atoms with van der Waals surface area (Å²) >= 11 is 5.64. The molecule has 1 atom stereocenters. The van der Waals surface area contributed by atoms with Crippen molar-refractivity contribution >= 4 is 23.5 Å². The van der Waals surface area contributed by atoms with Crippen LogP contribution in [0.15, 0.2) is 36.4 Å². The molecule has 0 radical (unpaired) electrons. The van der Waals surface area contributed by atoms with Crippen molar-refractivity contribution in [2.45, 2.75) is 31.2 Å². The Kier molecular flexibility index (Phi) is 5.23. The summed E-state index contributed by atoms with van der Waals surface area (Å²) < 4.78 is 27.3. The van der Waals surface area contributed by atoms with Gasteiger partial charge in [0.05, 0.1) is 5.02 Å². The van der Waals surface area contributed by atoms with Gasteiger partial charge in [0.25, 0.3) is 5.91 Å². The molecule has 0 spiro atoms. The second kappa shape index (κ2) is 7.41. The van der Waals surface area contributed by atoms with Crippen molar-refractivity contribution < 1.29 is 23.5 Å². The normalized spacial score (nSPS) is 14.7. The lowest BCUT2D eigenvalue weighted by Crippen LogP contribution is -2.42. The van der Waals surface area contributed by atoms with Gasteiger partial charge in [0, 0.05) is 12.0 Å². The molecule has 4 nitrogen and oxygen atoms in total. The molecule has 1 aliphatic carbocycles. The van der Waals surface area contributed by atoms with E-state index in [1.807, 2.05) is 0 Å². The van der Waals surface area contributed by atoms with Gasteiger partial charge in [-0.25, -0.2) is 13.6 Å². The van der Waals surface area contributed by atoms with E-state index in [2.05, 4.69) is 5.32 Å². The van der Waals surface area contributed by atoms with Crippen molar-refractivity contribution in [2.24, 2.45) is 0 Å². The first-order valence-corrected chi connectivity index (χ1v) is 8.50. The van der Waals surface area contributed by atoms with Crippen molar-refractivity contribution in [3.8, 4) is 0 Å². The Bertz CT molecular complexity index is 868. The zero-order chi connectivity index (χ0) is 18.8. The van der Waals surface area contributed by atoms with Crippen molar-refractivity contribution in [1.29, 1.82) is 0 Å². The topological polar surface area (TPSA) is 66.4 Å². The first-order valence-electron chi connectivity index (χ1n) is 8.12. The number of carbonyl (C=O) groups excluding carboxylic acids is 1. The highest BCUT2D eigenvalue weighted by Gasteiger charge is 2.27. The molecule has 26 heavy (non-hydrogen) atoms. The lowest BCUT2D eigenvalue weighted by Gasteiger charge is -2.15. The summed E-state index contributed by atoms with van der Waals surface area (Å²) in [6, 6.07) is 6.76. The quantitative estimate of drug-likeness (QED) is 0.799. The maximum Gasteiger partial charge on any atom is 0.326 e. The van der Waals surface area contributed by atoms with Crippen LogP contribution in [0.3, 0.4) is 0 Å².